The van der Waals surface area contributed by atoms with Crippen LogP contribution in [0.3, 0.4) is 0 Å². The van der Waals surface area contributed by atoms with Crippen LogP contribution in [-0.2, 0) is 9.53 Å². The van der Waals surface area contributed by atoms with Crippen molar-refractivity contribution in [1.29, 1.82) is 0 Å². The first-order valence-electron chi connectivity index (χ1n) is 10.9. The van der Waals surface area contributed by atoms with Crippen molar-refractivity contribution in [2.45, 2.75) is 40.2 Å². The van der Waals surface area contributed by atoms with Gasteiger partial charge in [-0.2, -0.15) is 0 Å². The molecule has 2 unspecified atom stereocenters. The van der Waals surface area contributed by atoms with Crippen molar-refractivity contribution in [3.05, 3.63) is 81.7 Å². The molecule has 2 aromatic rings. The number of aliphatic imine (C=N–C) groups is 1. The van der Waals surface area contributed by atoms with Crippen molar-refractivity contribution in [3.63, 3.8) is 0 Å². The number of aryl methyl sites for hydroxylation is 1. The van der Waals surface area contributed by atoms with Crippen LogP contribution < -0.4 is 0 Å². The molecule has 2 heterocycles. The van der Waals surface area contributed by atoms with E-state index in [0.717, 1.165) is 33.7 Å². The molecule has 1 aromatic heterocycles. The minimum Gasteiger partial charge on any atom is -0.465 e. The fourth-order valence-electron chi connectivity index (χ4n) is 3.84. The largest absolute Gasteiger partial charge is 0.465 e. The maximum absolute atomic E-state index is 12.6. The van der Waals surface area contributed by atoms with Gasteiger partial charge in [0.05, 0.1) is 30.0 Å². The molecule has 0 fully saturated rings. The summed E-state index contributed by atoms with van der Waals surface area (Å²) in [7, 11) is 0. The third-order valence-corrected chi connectivity index (χ3v) is 5.73. The van der Waals surface area contributed by atoms with Gasteiger partial charge < -0.3 is 9.26 Å². The first-order chi connectivity index (χ1) is 15.3. The van der Waals surface area contributed by atoms with Crippen molar-refractivity contribution in [2.24, 2.45) is 16.8 Å². The van der Waals surface area contributed by atoms with Gasteiger partial charge in [-0.3, -0.25) is 9.79 Å². The molecule has 0 bridgehead atoms. The molecule has 0 radical (unpaired) electrons. The average Bonchev–Trinajstić information content (AvgIpc) is 2.95. The van der Waals surface area contributed by atoms with Crippen LogP contribution in [0.2, 0.25) is 5.02 Å². The third kappa shape index (κ3) is 4.63. The number of aromatic nitrogens is 1. The summed E-state index contributed by atoms with van der Waals surface area (Å²) in [5.74, 6) is 0.825. The molecule has 166 valence electrons. The van der Waals surface area contributed by atoms with E-state index in [1.807, 2.05) is 45.0 Å². The number of fused-ring (bicyclic) bond motifs is 2. The Morgan fingerprint density at radius 3 is 2.53 bits per heavy atom. The van der Waals surface area contributed by atoms with Gasteiger partial charge in [-0.25, -0.2) is 0 Å². The molecular formula is C26H27ClN2O3. The fourth-order valence-corrected chi connectivity index (χ4v) is 3.97. The van der Waals surface area contributed by atoms with E-state index in [9.17, 15) is 4.79 Å². The molecular weight excluding hydrogens is 424 g/mol. The van der Waals surface area contributed by atoms with Gasteiger partial charge in [0.25, 0.3) is 0 Å². The lowest BCUT2D eigenvalue weighted by atomic mass is 9.93. The molecule has 2 aliphatic rings. The molecule has 1 aliphatic heterocycles. The van der Waals surface area contributed by atoms with E-state index >= 15 is 0 Å². The second-order valence-electron chi connectivity index (χ2n) is 8.69. The summed E-state index contributed by atoms with van der Waals surface area (Å²) in [6.07, 6.45) is 8.57. The Morgan fingerprint density at radius 1 is 1.16 bits per heavy atom. The second kappa shape index (κ2) is 9.29. The summed E-state index contributed by atoms with van der Waals surface area (Å²) < 4.78 is 11.2. The fraction of sp³-hybridized carbons (Fsp3) is 0.346. The Hall–Kier alpha value is -2.92. The maximum atomic E-state index is 12.6. The van der Waals surface area contributed by atoms with E-state index in [-0.39, 0.29) is 24.2 Å². The summed E-state index contributed by atoms with van der Waals surface area (Å²) in [5.41, 5.74) is 5.34. The monoisotopic (exact) mass is 450 g/mol. The standard InChI is InChI=1S/C26H27ClN2O3/c1-15(2)14-31-23(30)13-22-26-24(17(4)29-32-26)20-11-5-16(3)6-12-21(20)25(28-22)18-7-9-19(27)10-8-18/h5-12,15-16,22H,13-14H2,1-4H3. The number of carbonyl (C=O) groups is 1. The van der Waals surface area contributed by atoms with Gasteiger partial charge in [0.1, 0.15) is 6.04 Å². The minimum absolute atomic E-state index is 0.0792. The molecule has 0 spiro atoms. The van der Waals surface area contributed by atoms with Crippen LogP contribution in [0.4, 0.5) is 0 Å². The van der Waals surface area contributed by atoms with Crippen LogP contribution >= 0.6 is 11.6 Å². The Morgan fingerprint density at radius 2 is 1.84 bits per heavy atom. The first-order valence-corrected chi connectivity index (χ1v) is 11.3. The number of carbonyl (C=O) groups excluding carboxylic acids is 1. The van der Waals surface area contributed by atoms with Crippen LogP contribution in [0.25, 0.3) is 5.57 Å². The summed E-state index contributed by atoms with van der Waals surface area (Å²) in [6.45, 7) is 8.44. The molecule has 0 N–H and O–H groups in total. The number of halogens is 1. The summed E-state index contributed by atoms with van der Waals surface area (Å²) in [6, 6.07) is 7.05. The molecule has 1 aliphatic carbocycles. The maximum Gasteiger partial charge on any atom is 0.308 e. The molecule has 0 saturated heterocycles. The summed E-state index contributed by atoms with van der Waals surface area (Å²) in [5, 5.41) is 4.87. The van der Waals surface area contributed by atoms with Crippen LogP contribution in [0.1, 0.15) is 55.8 Å². The van der Waals surface area contributed by atoms with E-state index in [1.54, 1.807) is 0 Å². The van der Waals surface area contributed by atoms with E-state index in [1.165, 1.54) is 0 Å². The van der Waals surface area contributed by atoms with Crippen LogP contribution in [0.5, 0.6) is 0 Å². The Balaban J connectivity index is 1.86. The van der Waals surface area contributed by atoms with Crippen LogP contribution in [0, 0.1) is 18.8 Å². The lowest BCUT2D eigenvalue weighted by molar-refractivity contribution is -0.145. The van der Waals surface area contributed by atoms with Gasteiger partial charge in [-0.1, -0.05) is 74.0 Å². The number of hydrogen-bond donors (Lipinski definition) is 0. The van der Waals surface area contributed by atoms with Crippen LogP contribution in [-0.4, -0.2) is 23.4 Å². The van der Waals surface area contributed by atoms with Gasteiger partial charge in [0.15, 0.2) is 5.76 Å². The molecule has 2 atom stereocenters. The zero-order chi connectivity index (χ0) is 22.8. The van der Waals surface area contributed by atoms with Crippen molar-refractivity contribution >= 4 is 28.9 Å². The first kappa shape index (κ1) is 22.3. The molecule has 32 heavy (non-hydrogen) atoms. The molecule has 4 rings (SSSR count). The second-order valence-corrected chi connectivity index (χ2v) is 9.13. The zero-order valence-corrected chi connectivity index (χ0v) is 19.5. The van der Waals surface area contributed by atoms with Crippen molar-refractivity contribution in [3.8, 4) is 0 Å². The lowest BCUT2D eigenvalue weighted by Gasteiger charge is -2.13. The smallest absolute Gasteiger partial charge is 0.308 e. The Labute approximate surface area is 193 Å². The quantitative estimate of drug-likeness (QED) is 0.502. The number of benzene rings is 1. The van der Waals surface area contributed by atoms with E-state index in [4.69, 9.17) is 25.9 Å². The van der Waals surface area contributed by atoms with Gasteiger partial charge >= 0.3 is 5.97 Å². The van der Waals surface area contributed by atoms with Gasteiger partial charge in [-0.15, -0.1) is 0 Å². The number of allylic oxidation sites excluding steroid dienone is 6. The van der Waals surface area contributed by atoms with Crippen molar-refractivity contribution in [1.82, 2.24) is 5.16 Å². The highest BCUT2D eigenvalue weighted by atomic mass is 35.5. The van der Waals surface area contributed by atoms with Gasteiger partial charge in [-0.05, 0) is 36.5 Å². The zero-order valence-electron chi connectivity index (χ0n) is 18.8. The average molecular weight is 451 g/mol. The molecule has 0 saturated carbocycles. The van der Waals surface area contributed by atoms with E-state index in [0.29, 0.717) is 17.4 Å². The number of rotatable bonds is 5. The number of ether oxygens (including phenoxy) is 1. The highest BCUT2D eigenvalue weighted by molar-refractivity contribution is 6.31. The van der Waals surface area contributed by atoms with Gasteiger partial charge in [0, 0.05) is 16.2 Å². The Kier molecular flexibility index (Phi) is 6.47. The van der Waals surface area contributed by atoms with Crippen molar-refractivity contribution < 1.29 is 14.1 Å². The summed E-state index contributed by atoms with van der Waals surface area (Å²) in [4.78, 5) is 17.7. The highest BCUT2D eigenvalue weighted by Gasteiger charge is 2.32. The number of hydrogen-bond acceptors (Lipinski definition) is 5. The van der Waals surface area contributed by atoms with Gasteiger partial charge in [0.2, 0.25) is 0 Å². The summed E-state index contributed by atoms with van der Waals surface area (Å²) >= 11 is 6.14. The molecule has 6 heteroatoms. The molecule has 5 nitrogen and oxygen atoms in total. The molecule has 1 aromatic carbocycles. The number of esters is 1. The normalized spacial score (nSPS) is 19.9. The lowest BCUT2D eigenvalue weighted by Crippen LogP contribution is -2.14. The predicted octanol–water partition coefficient (Wildman–Crippen LogP) is 6.29. The predicted molar refractivity (Wildman–Crippen MR) is 127 cm³/mol. The molecule has 0 amide bonds. The SMILES string of the molecule is Cc1noc2c1C1=C(C=CC(C)C=C1)C(c1ccc(Cl)cc1)=NC2CC(=O)OCC(C)C. The third-order valence-electron chi connectivity index (χ3n) is 5.48. The highest BCUT2D eigenvalue weighted by Crippen LogP contribution is 2.40. The Bertz CT molecular complexity index is 1140. The van der Waals surface area contributed by atoms with Crippen LogP contribution in [0.15, 0.2) is 63.7 Å². The van der Waals surface area contributed by atoms with Crippen molar-refractivity contribution in [2.75, 3.05) is 6.61 Å². The van der Waals surface area contributed by atoms with E-state index < -0.39 is 6.04 Å². The topological polar surface area (TPSA) is 64.7 Å². The minimum atomic E-state index is -0.539. The van der Waals surface area contributed by atoms with E-state index in [2.05, 4.69) is 36.4 Å². The number of nitrogens with zero attached hydrogens (tertiary/aromatic N) is 2.